The van der Waals surface area contributed by atoms with Crippen molar-refractivity contribution in [3.8, 4) is 0 Å². The molecule has 1 aliphatic carbocycles. The van der Waals surface area contributed by atoms with Gasteiger partial charge in [-0.3, -0.25) is 14.7 Å². The Bertz CT molecular complexity index is 493. The van der Waals surface area contributed by atoms with Gasteiger partial charge in [0.05, 0.1) is 5.69 Å². The van der Waals surface area contributed by atoms with Crippen LogP contribution in [0.5, 0.6) is 0 Å². The Morgan fingerprint density at radius 3 is 2.52 bits per heavy atom. The summed E-state index contributed by atoms with van der Waals surface area (Å²) in [6.45, 7) is 3.54. The molecule has 1 amide bonds. The number of pyridine rings is 1. The minimum atomic E-state index is -2.62. The molecule has 2 heterocycles. The number of alkyl halides is 2. The van der Waals surface area contributed by atoms with Crippen LogP contribution in [0.25, 0.3) is 0 Å². The summed E-state index contributed by atoms with van der Waals surface area (Å²) in [6.07, 6.45) is 1.21. The van der Waals surface area contributed by atoms with E-state index in [4.69, 9.17) is 0 Å². The monoisotopic (exact) mass is 295 g/mol. The molecule has 0 radical (unpaired) electrons. The van der Waals surface area contributed by atoms with Crippen LogP contribution in [0.4, 0.5) is 8.78 Å². The SMILES string of the molecule is O=C(C1CC(F)(F)C1)N1CCN(Cc2ccccn2)CC1. The average molecular weight is 295 g/mol. The standard InChI is InChI=1S/C15H19F2N3O/c16-15(17)9-12(10-15)14(21)20-7-5-19(6-8-20)11-13-3-1-2-4-18-13/h1-4,12H,5-11H2. The van der Waals surface area contributed by atoms with Crippen molar-refractivity contribution in [1.29, 1.82) is 0 Å². The van der Waals surface area contributed by atoms with Gasteiger partial charge >= 0.3 is 0 Å². The number of carbonyl (C=O) groups is 1. The van der Waals surface area contributed by atoms with Crippen LogP contribution in [-0.2, 0) is 11.3 Å². The number of hydrogen-bond donors (Lipinski definition) is 0. The van der Waals surface area contributed by atoms with Crippen molar-refractivity contribution >= 4 is 5.91 Å². The van der Waals surface area contributed by atoms with Gasteiger partial charge < -0.3 is 4.90 Å². The van der Waals surface area contributed by atoms with Crippen molar-refractivity contribution in [2.45, 2.75) is 25.3 Å². The first-order chi connectivity index (χ1) is 10.0. The molecule has 1 aromatic rings. The molecular formula is C15H19F2N3O. The Balaban J connectivity index is 1.46. The Kier molecular flexibility index (Phi) is 3.89. The van der Waals surface area contributed by atoms with Crippen LogP contribution < -0.4 is 0 Å². The highest BCUT2D eigenvalue weighted by Gasteiger charge is 2.49. The van der Waals surface area contributed by atoms with Crippen molar-refractivity contribution in [2.75, 3.05) is 26.2 Å². The fourth-order valence-corrected chi connectivity index (χ4v) is 2.94. The molecule has 1 saturated heterocycles. The van der Waals surface area contributed by atoms with Gasteiger partial charge in [0, 0.05) is 57.7 Å². The first kappa shape index (κ1) is 14.4. The van der Waals surface area contributed by atoms with E-state index in [0.29, 0.717) is 13.1 Å². The van der Waals surface area contributed by atoms with Gasteiger partial charge in [-0.2, -0.15) is 0 Å². The second-order valence-electron chi connectivity index (χ2n) is 5.88. The van der Waals surface area contributed by atoms with E-state index in [1.54, 1.807) is 11.1 Å². The summed E-state index contributed by atoms with van der Waals surface area (Å²) in [4.78, 5) is 20.4. The molecule has 1 aliphatic heterocycles. The van der Waals surface area contributed by atoms with Gasteiger partial charge in [0.25, 0.3) is 0 Å². The van der Waals surface area contributed by atoms with Gasteiger partial charge in [-0.1, -0.05) is 6.07 Å². The van der Waals surface area contributed by atoms with Crippen LogP contribution in [0.3, 0.4) is 0 Å². The van der Waals surface area contributed by atoms with Crippen LogP contribution in [-0.4, -0.2) is 52.8 Å². The molecule has 21 heavy (non-hydrogen) atoms. The molecule has 2 aliphatic rings. The van der Waals surface area contributed by atoms with Gasteiger partial charge in [0.15, 0.2) is 0 Å². The highest BCUT2D eigenvalue weighted by molar-refractivity contribution is 5.80. The van der Waals surface area contributed by atoms with Crippen molar-refractivity contribution in [1.82, 2.24) is 14.8 Å². The third kappa shape index (κ3) is 3.37. The maximum absolute atomic E-state index is 12.8. The molecule has 6 heteroatoms. The van der Waals surface area contributed by atoms with E-state index in [-0.39, 0.29) is 18.7 Å². The summed E-state index contributed by atoms with van der Waals surface area (Å²) in [7, 11) is 0. The van der Waals surface area contributed by atoms with E-state index in [9.17, 15) is 13.6 Å². The van der Waals surface area contributed by atoms with Gasteiger partial charge in [0.1, 0.15) is 0 Å². The van der Waals surface area contributed by atoms with Crippen LogP contribution in [0, 0.1) is 5.92 Å². The van der Waals surface area contributed by atoms with Gasteiger partial charge in [0.2, 0.25) is 11.8 Å². The number of amides is 1. The molecule has 2 fully saturated rings. The summed E-state index contributed by atoms with van der Waals surface area (Å²) >= 11 is 0. The largest absolute Gasteiger partial charge is 0.340 e. The number of piperazine rings is 1. The average Bonchev–Trinajstić information content (AvgIpc) is 2.46. The molecule has 0 atom stereocenters. The maximum atomic E-state index is 12.8. The number of rotatable bonds is 3. The second kappa shape index (κ2) is 5.67. The Morgan fingerprint density at radius 2 is 1.95 bits per heavy atom. The van der Waals surface area contributed by atoms with Crippen LogP contribution >= 0.6 is 0 Å². The summed E-state index contributed by atoms with van der Waals surface area (Å²) in [6, 6.07) is 5.82. The smallest absolute Gasteiger partial charge is 0.249 e. The number of aromatic nitrogens is 1. The third-order valence-electron chi connectivity index (χ3n) is 4.24. The van der Waals surface area contributed by atoms with Gasteiger partial charge in [-0.25, -0.2) is 8.78 Å². The predicted molar refractivity (Wildman–Crippen MR) is 73.8 cm³/mol. The van der Waals surface area contributed by atoms with E-state index in [1.165, 1.54) is 0 Å². The number of carbonyl (C=O) groups excluding carboxylic acids is 1. The van der Waals surface area contributed by atoms with Crippen LogP contribution in [0.2, 0.25) is 0 Å². The number of nitrogens with zero attached hydrogens (tertiary/aromatic N) is 3. The molecule has 1 aromatic heterocycles. The normalized spacial score (nSPS) is 22.9. The first-order valence-corrected chi connectivity index (χ1v) is 7.32. The highest BCUT2D eigenvalue weighted by atomic mass is 19.3. The third-order valence-corrected chi connectivity index (χ3v) is 4.24. The molecule has 0 spiro atoms. The highest BCUT2D eigenvalue weighted by Crippen LogP contribution is 2.43. The van der Waals surface area contributed by atoms with E-state index < -0.39 is 11.8 Å². The Labute approximate surface area is 122 Å². The van der Waals surface area contributed by atoms with Gasteiger partial charge in [-0.15, -0.1) is 0 Å². The molecule has 1 saturated carbocycles. The minimum Gasteiger partial charge on any atom is -0.340 e. The minimum absolute atomic E-state index is 0.0987. The van der Waals surface area contributed by atoms with Crippen molar-refractivity contribution in [2.24, 2.45) is 5.92 Å². The van der Waals surface area contributed by atoms with E-state index in [2.05, 4.69) is 9.88 Å². The zero-order chi connectivity index (χ0) is 14.9. The number of hydrogen-bond acceptors (Lipinski definition) is 3. The fraction of sp³-hybridized carbons (Fsp3) is 0.600. The van der Waals surface area contributed by atoms with Crippen LogP contribution in [0.15, 0.2) is 24.4 Å². The van der Waals surface area contributed by atoms with Crippen molar-refractivity contribution < 1.29 is 13.6 Å². The van der Waals surface area contributed by atoms with Crippen LogP contribution in [0.1, 0.15) is 18.5 Å². The summed E-state index contributed by atoms with van der Waals surface area (Å²) in [5.74, 6) is -3.19. The lowest BCUT2D eigenvalue weighted by Gasteiger charge is -2.40. The summed E-state index contributed by atoms with van der Waals surface area (Å²) in [5.41, 5.74) is 1.01. The first-order valence-electron chi connectivity index (χ1n) is 7.32. The molecule has 0 N–H and O–H groups in total. The van der Waals surface area contributed by atoms with E-state index in [1.807, 2.05) is 18.2 Å². The molecule has 4 nitrogen and oxygen atoms in total. The molecule has 0 unspecified atom stereocenters. The molecule has 114 valence electrons. The number of halogens is 2. The lowest BCUT2D eigenvalue weighted by atomic mass is 9.80. The quantitative estimate of drug-likeness (QED) is 0.853. The zero-order valence-electron chi connectivity index (χ0n) is 11.8. The molecular weight excluding hydrogens is 276 g/mol. The molecule has 3 rings (SSSR count). The second-order valence-corrected chi connectivity index (χ2v) is 5.88. The molecule has 0 aromatic carbocycles. The van der Waals surface area contributed by atoms with Crippen molar-refractivity contribution in [3.05, 3.63) is 30.1 Å². The Hall–Kier alpha value is -1.56. The van der Waals surface area contributed by atoms with E-state index >= 15 is 0 Å². The fourth-order valence-electron chi connectivity index (χ4n) is 2.94. The zero-order valence-corrected chi connectivity index (χ0v) is 11.8. The summed E-state index contributed by atoms with van der Waals surface area (Å²) < 4.78 is 25.7. The van der Waals surface area contributed by atoms with Gasteiger partial charge in [-0.05, 0) is 12.1 Å². The predicted octanol–water partition coefficient (Wildman–Crippen LogP) is 1.77. The van der Waals surface area contributed by atoms with E-state index in [0.717, 1.165) is 25.3 Å². The van der Waals surface area contributed by atoms with Crippen molar-refractivity contribution in [3.63, 3.8) is 0 Å². The maximum Gasteiger partial charge on any atom is 0.249 e. The Morgan fingerprint density at radius 1 is 1.24 bits per heavy atom. The molecule has 0 bridgehead atoms. The summed E-state index contributed by atoms with van der Waals surface area (Å²) in [5, 5.41) is 0. The topological polar surface area (TPSA) is 36.4 Å². The lowest BCUT2D eigenvalue weighted by molar-refractivity contribution is -0.161. The lowest BCUT2D eigenvalue weighted by Crippen LogP contribution is -2.53.